The van der Waals surface area contributed by atoms with Crippen molar-refractivity contribution in [2.75, 3.05) is 4.90 Å². The summed E-state index contributed by atoms with van der Waals surface area (Å²) >= 11 is 0. The molecule has 0 radical (unpaired) electrons. The van der Waals surface area contributed by atoms with Crippen molar-refractivity contribution >= 4 is 17.1 Å². The van der Waals surface area contributed by atoms with Crippen molar-refractivity contribution in [2.24, 2.45) is 0 Å². The minimum Gasteiger partial charge on any atom is -0.456 e. The molecule has 0 unspecified atom stereocenters. The third-order valence-corrected chi connectivity index (χ3v) is 10.7. The van der Waals surface area contributed by atoms with Gasteiger partial charge in [-0.1, -0.05) is 176 Å². The summed E-state index contributed by atoms with van der Waals surface area (Å²) in [5, 5.41) is 0. The maximum atomic E-state index is 7.08. The number of hydrogen-bond donors (Lipinski definition) is 0. The smallest absolute Gasteiger partial charge is 0.137 e. The van der Waals surface area contributed by atoms with Crippen molar-refractivity contribution in [3.63, 3.8) is 0 Å². The summed E-state index contributed by atoms with van der Waals surface area (Å²) in [6.07, 6.45) is 0. The molecule has 10 rings (SSSR count). The Kier molecular flexibility index (Phi) is 8.55. The first-order valence-corrected chi connectivity index (χ1v) is 19.1. The van der Waals surface area contributed by atoms with Crippen LogP contribution >= 0.6 is 0 Å². The van der Waals surface area contributed by atoms with Crippen LogP contribution in [-0.2, 0) is 0 Å². The molecule has 0 saturated carbocycles. The summed E-state index contributed by atoms with van der Waals surface area (Å²) in [7, 11) is 0. The van der Waals surface area contributed by atoms with Crippen molar-refractivity contribution in [3.8, 4) is 78.3 Å². The van der Waals surface area contributed by atoms with E-state index in [1.54, 1.807) is 0 Å². The Morgan fingerprint density at radius 2 is 0.696 bits per heavy atom. The first-order chi connectivity index (χ1) is 27.8. The summed E-state index contributed by atoms with van der Waals surface area (Å²) in [6, 6.07) is 79.9. The summed E-state index contributed by atoms with van der Waals surface area (Å²) in [5.41, 5.74) is 16.8. The quantitative estimate of drug-likeness (QED) is 0.163. The zero-order valence-electron chi connectivity index (χ0n) is 30.7. The normalized spacial score (nSPS) is 11.4. The van der Waals surface area contributed by atoms with Gasteiger partial charge in [-0.15, -0.1) is 0 Å². The van der Waals surface area contributed by atoms with E-state index in [2.05, 4.69) is 229 Å². The molecule has 0 bridgehead atoms. The third-order valence-electron chi connectivity index (χ3n) is 10.7. The lowest BCUT2D eigenvalue weighted by molar-refractivity contribution is 0.488. The molecular weight excluding hydrogens is 679 g/mol. The molecule has 1 aliphatic rings. The third kappa shape index (κ3) is 6.14. The maximum Gasteiger partial charge on any atom is 0.137 e. The van der Waals surface area contributed by atoms with Gasteiger partial charge < -0.3 is 9.64 Å². The second kappa shape index (κ2) is 14.4. The number of ether oxygens (including phenoxy) is 1. The Labute approximate surface area is 328 Å². The van der Waals surface area contributed by atoms with Crippen molar-refractivity contribution < 1.29 is 4.74 Å². The minimum absolute atomic E-state index is 0.812. The summed E-state index contributed by atoms with van der Waals surface area (Å²) in [4.78, 5) is 2.37. The Bertz CT molecular complexity index is 2700. The highest BCUT2D eigenvalue weighted by atomic mass is 16.5. The van der Waals surface area contributed by atoms with Crippen LogP contribution in [0.15, 0.2) is 224 Å². The van der Waals surface area contributed by atoms with Crippen LogP contribution in [0, 0.1) is 0 Å². The van der Waals surface area contributed by atoms with Gasteiger partial charge in [-0.05, 0) is 104 Å². The molecule has 9 aromatic rings. The van der Waals surface area contributed by atoms with Gasteiger partial charge in [0.15, 0.2) is 0 Å². The van der Waals surface area contributed by atoms with E-state index in [4.69, 9.17) is 4.74 Å². The second-order valence-corrected chi connectivity index (χ2v) is 14.1. The molecule has 0 N–H and O–H groups in total. The number of anilines is 3. The molecule has 0 spiro atoms. The van der Waals surface area contributed by atoms with Gasteiger partial charge in [0, 0.05) is 22.5 Å². The van der Waals surface area contributed by atoms with Crippen molar-refractivity contribution in [3.05, 3.63) is 224 Å². The van der Waals surface area contributed by atoms with Gasteiger partial charge >= 0.3 is 0 Å². The molecule has 2 heteroatoms. The highest BCUT2D eigenvalue weighted by Crippen LogP contribution is 2.55. The molecule has 9 aromatic carbocycles. The van der Waals surface area contributed by atoms with Gasteiger partial charge in [0.1, 0.15) is 11.5 Å². The Morgan fingerprint density at radius 1 is 0.268 bits per heavy atom. The second-order valence-electron chi connectivity index (χ2n) is 14.1. The van der Waals surface area contributed by atoms with Crippen molar-refractivity contribution in [1.82, 2.24) is 0 Å². The maximum absolute atomic E-state index is 7.08. The van der Waals surface area contributed by atoms with Crippen LogP contribution in [0.1, 0.15) is 0 Å². The fraction of sp³-hybridized carbons (Fsp3) is 0. The van der Waals surface area contributed by atoms with Crippen LogP contribution in [-0.4, -0.2) is 0 Å². The van der Waals surface area contributed by atoms with Crippen molar-refractivity contribution in [2.45, 2.75) is 0 Å². The molecule has 0 fully saturated rings. The Hall–Kier alpha value is -7.42. The lowest BCUT2D eigenvalue weighted by atomic mass is 9.86. The van der Waals surface area contributed by atoms with Crippen LogP contribution < -0.4 is 9.64 Å². The Morgan fingerprint density at radius 3 is 1.23 bits per heavy atom. The van der Waals surface area contributed by atoms with Crippen LogP contribution in [0.5, 0.6) is 11.5 Å². The average molecular weight is 716 g/mol. The van der Waals surface area contributed by atoms with Gasteiger partial charge in [0.05, 0.1) is 5.69 Å². The molecule has 0 atom stereocenters. The van der Waals surface area contributed by atoms with E-state index >= 15 is 0 Å². The fourth-order valence-corrected chi connectivity index (χ4v) is 8.01. The van der Waals surface area contributed by atoms with Gasteiger partial charge in [-0.25, -0.2) is 0 Å². The zero-order valence-corrected chi connectivity index (χ0v) is 30.7. The van der Waals surface area contributed by atoms with E-state index in [9.17, 15) is 0 Å². The highest BCUT2D eigenvalue weighted by molar-refractivity contribution is 6.03. The van der Waals surface area contributed by atoms with E-state index in [-0.39, 0.29) is 0 Å². The molecule has 0 saturated heterocycles. The predicted octanol–water partition coefficient (Wildman–Crippen LogP) is 15.3. The first-order valence-electron chi connectivity index (χ1n) is 19.1. The van der Waals surface area contributed by atoms with Gasteiger partial charge in [0.2, 0.25) is 0 Å². The largest absolute Gasteiger partial charge is 0.456 e. The fourth-order valence-electron chi connectivity index (χ4n) is 8.01. The van der Waals surface area contributed by atoms with Crippen LogP contribution in [0.25, 0.3) is 66.8 Å². The number of rotatable bonds is 7. The van der Waals surface area contributed by atoms with Gasteiger partial charge in [-0.2, -0.15) is 0 Å². The molecule has 0 amide bonds. The predicted molar refractivity (Wildman–Crippen MR) is 234 cm³/mol. The minimum atomic E-state index is 0.812. The highest BCUT2D eigenvalue weighted by Gasteiger charge is 2.29. The molecule has 0 aromatic heterocycles. The van der Waals surface area contributed by atoms with Crippen LogP contribution in [0.3, 0.4) is 0 Å². The topological polar surface area (TPSA) is 12.5 Å². The van der Waals surface area contributed by atoms with Crippen LogP contribution in [0.2, 0.25) is 0 Å². The van der Waals surface area contributed by atoms with Crippen LogP contribution in [0.4, 0.5) is 17.1 Å². The molecule has 0 aliphatic carbocycles. The van der Waals surface area contributed by atoms with Gasteiger partial charge in [-0.3, -0.25) is 0 Å². The number of nitrogens with zero attached hydrogens (tertiary/aromatic N) is 1. The molecular formula is C54H37NO. The average Bonchev–Trinajstić information content (AvgIpc) is 3.43. The van der Waals surface area contributed by atoms with Crippen molar-refractivity contribution in [1.29, 1.82) is 0 Å². The summed E-state index contributed by atoms with van der Waals surface area (Å²) < 4.78 is 7.08. The molecule has 264 valence electrons. The molecule has 1 aliphatic heterocycles. The number of hydrogen-bond acceptors (Lipinski definition) is 2. The standard InChI is InChI=1S/C54H37NO/c1-5-15-38(16-6-1)41-27-32-45(33-28-41)55(46-34-29-42(30-35-46)39-17-7-2-8-18-39)50-24-14-26-52-54(50)48-36-31-44(40-19-9-3-10-20-40)37-49(48)53-47(23-13-25-51(53)56-52)43-21-11-4-12-22-43/h1-37H. The van der Waals surface area contributed by atoms with E-state index in [0.717, 1.165) is 67.5 Å². The molecule has 56 heavy (non-hydrogen) atoms. The van der Waals surface area contributed by atoms with E-state index in [0.29, 0.717) is 0 Å². The Balaban J connectivity index is 1.20. The number of fused-ring (bicyclic) bond motifs is 5. The monoisotopic (exact) mass is 715 g/mol. The molecule has 2 nitrogen and oxygen atoms in total. The summed E-state index contributed by atoms with van der Waals surface area (Å²) in [5.74, 6) is 1.65. The number of benzene rings is 9. The van der Waals surface area contributed by atoms with E-state index in [1.165, 1.54) is 27.8 Å². The van der Waals surface area contributed by atoms with E-state index < -0.39 is 0 Å². The first kappa shape index (κ1) is 33.2. The van der Waals surface area contributed by atoms with E-state index in [1.807, 2.05) is 0 Å². The molecule has 1 heterocycles. The lowest BCUT2D eigenvalue weighted by Crippen LogP contribution is -2.11. The van der Waals surface area contributed by atoms with Gasteiger partial charge in [0.25, 0.3) is 0 Å². The lowest BCUT2D eigenvalue weighted by Gasteiger charge is -2.29. The zero-order chi connectivity index (χ0) is 37.3. The SMILES string of the molecule is c1ccc(-c2ccc(N(c3ccc(-c4ccccc4)cc3)c3cccc4c3-c3ccc(-c5ccccc5)cc3-c3c(cccc3-c3ccccc3)O4)cc2)cc1. The summed E-state index contributed by atoms with van der Waals surface area (Å²) in [6.45, 7) is 0.